The van der Waals surface area contributed by atoms with Gasteiger partial charge in [0.15, 0.2) is 6.61 Å². The number of thiophene rings is 1. The molecule has 7 nitrogen and oxygen atoms in total. The Hall–Kier alpha value is -3.65. The van der Waals surface area contributed by atoms with Gasteiger partial charge in [-0.2, -0.15) is 0 Å². The summed E-state index contributed by atoms with van der Waals surface area (Å²) in [6.07, 6.45) is 0.856. The van der Waals surface area contributed by atoms with E-state index in [2.05, 4.69) is 10.6 Å². The van der Waals surface area contributed by atoms with E-state index >= 15 is 0 Å². The zero-order chi connectivity index (χ0) is 23.8. The number of rotatable bonds is 9. The molecule has 0 unspecified atom stereocenters. The van der Waals surface area contributed by atoms with Crippen molar-refractivity contribution in [3.63, 3.8) is 0 Å². The van der Waals surface area contributed by atoms with Gasteiger partial charge in [-0.1, -0.05) is 37.3 Å². The summed E-state index contributed by atoms with van der Waals surface area (Å²) in [7, 11) is 0. The summed E-state index contributed by atoms with van der Waals surface area (Å²) in [4.78, 5) is 38.3. The van der Waals surface area contributed by atoms with E-state index in [1.807, 2.05) is 43.3 Å². The summed E-state index contributed by atoms with van der Waals surface area (Å²) in [5, 5.41) is 5.76. The average molecular weight is 467 g/mol. The van der Waals surface area contributed by atoms with E-state index in [-0.39, 0.29) is 29.7 Å². The summed E-state index contributed by atoms with van der Waals surface area (Å²) in [5.74, 6) is -0.835. The maximum absolute atomic E-state index is 12.8. The molecule has 0 saturated carbocycles. The van der Waals surface area contributed by atoms with Crippen molar-refractivity contribution in [3.8, 4) is 5.75 Å². The van der Waals surface area contributed by atoms with E-state index in [1.54, 1.807) is 32.0 Å². The molecule has 3 aromatic rings. The van der Waals surface area contributed by atoms with Crippen molar-refractivity contribution < 1.29 is 23.9 Å². The molecule has 0 bridgehead atoms. The second kappa shape index (κ2) is 11.3. The normalized spacial score (nSPS) is 10.4. The molecular formula is C25H26N2O5S. The van der Waals surface area contributed by atoms with Crippen LogP contribution in [0.15, 0.2) is 54.6 Å². The van der Waals surface area contributed by atoms with Crippen molar-refractivity contribution in [2.24, 2.45) is 0 Å². The molecule has 1 heterocycles. The number of amides is 2. The number of nitrogens with one attached hydrogen (secondary N) is 2. The highest BCUT2D eigenvalue weighted by Crippen LogP contribution is 2.34. The van der Waals surface area contributed by atoms with Gasteiger partial charge in [0.05, 0.1) is 17.0 Å². The zero-order valence-corrected chi connectivity index (χ0v) is 19.6. The number of para-hydroxylation sites is 1. The van der Waals surface area contributed by atoms with Gasteiger partial charge in [-0.15, -0.1) is 11.3 Å². The molecular weight excluding hydrogens is 440 g/mol. The molecule has 0 fully saturated rings. The van der Waals surface area contributed by atoms with Gasteiger partial charge in [0, 0.05) is 5.69 Å². The number of benzene rings is 2. The Morgan fingerprint density at radius 2 is 1.73 bits per heavy atom. The molecule has 33 heavy (non-hydrogen) atoms. The van der Waals surface area contributed by atoms with Gasteiger partial charge < -0.3 is 20.1 Å². The number of ether oxygens (including phenoxy) is 2. The lowest BCUT2D eigenvalue weighted by Gasteiger charge is -2.09. The number of carbonyl (C=O) groups excluding carboxylic acids is 3. The monoisotopic (exact) mass is 466 g/mol. The SMILES string of the molecule is CCOC(=O)c1c(NC(=O)COc2cccc(CC)c2)sc(C(=O)Nc2ccccc2)c1C. The summed E-state index contributed by atoms with van der Waals surface area (Å²) >= 11 is 1.02. The minimum absolute atomic E-state index is 0.168. The molecule has 2 aromatic carbocycles. The first-order chi connectivity index (χ1) is 15.9. The molecule has 1 aromatic heterocycles. The topological polar surface area (TPSA) is 93.7 Å². The van der Waals surface area contributed by atoms with Crippen LogP contribution in [0, 0.1) is 6.92 Å². The van der Waals surface area contributed by atoms with Crippen LogP contribution in [-0.2, 0) is 16.0 Å². The van der Waals surface area contributed by atoms with Crippen LogP contribution in [0.3, 0.4) is 0 Å². The quantitative estimate of drug-likeness (QED) is 0.430. The first kappa shape index (κ1) is 24.0. The van der Waals surface area contributed by atoms with Gasteiger partial charge in [0.1, 0.15) is 10.8 Å². The molecule has 0 atom stereocenters. The Morgan fingerprint density at radius 3 is 2.42 bits per heavy atom. The molecule has 0 aliphatic rings. The van der Waals surface area contributed by atoms with Crippen LogP contribution in [0.2, 0.25) is 0 Å². The van der Waals surface area contributed by atoms with Crippen molar-refractivity contribution in [1.82, 2.24) is 0 Å². The third-order valence-corrected chi connectivity index (χ3v) is 6.00. The van der Waals surface area contributed by atoms with Gasteiger partial charge in [-0.3, -0.25) is 9.59 Å². The molecule has 0 saturated heterocycles. The Kier molecular flexibility index (Phi) is 8.21. The Balaban J connectivity index is 1.78. The molecule has 2 N–H and O–H groups in total. The average Bonchev–Trinajstić information content (AvgIpc) is 3.14. The summed E-state index contributed by atoms with van der Waals surface area (Å²) in [6.45, 7) is 5.32. The number of esters is 1. The van der Waals surface area contributed by atoms with Crippen LogP contribution in [0.5, 0.6) is 5.75 Å². The van der Waals surface area contributed by atoms with Crippen molar-refractivity contribution in [3.05, 3.63) is 76.2 Å². The number of aryl methyl sites for hydroxylation is 1. The van der Waals surface area contributed by atoms with Gasteiger partial charge in [0.25, 0.3) is 11.8 Å². The van der Waals surface area contributed by atoms with E-state index < -0.39 is 11.9 Å². The van der Waals surface area contributed by atoms with Crippen LogP contribution in [-0.4, -0.2) is 31.0 Å². The predicted octanol–water partition coefficient (Wildman–Crippen LogP) is 5.07. The highest BCUT2D eigenvalue weighted by Gasteiger charge is 2.26. The standard InChI is InChI=1S/C25H26N2O5S/c1-4-17-10-9-13-19(14-17)32-15-20(28)27-24-21(25(30)31-5-2)16(3)22(33-24)23(29)26-18-11-7-6-8-12-18/h6-14H,4-5,15H2,1-3H3,(H,26,29)(H,27,28). The third kappa shape index (κ3) is 6.20. The molecule has 0 aliphatic heterocycles. The maximum atomic E-state index is 12.8. The van der Waals surface area contributed by atoms with Gasteiger partial charge in [-0.05, 0) is 55.7 Å². The molecule has 0 spiro atoms. The summed E-state index contributed by atoms with van der Waals surface area (Å²) < 4.78 is 10.7. The molecule has 2 amide bonds. The lowest BCUT2D eigenvalue weighted by atomic mass is 10.1. The number of hydrogen-bond acceptors (Lipinski definition) is 6. The van der Waals surface area contributed by atoms with Crippen LogP contribution in [0.25, 0.3) is 0 Å². The molecule has 3 rings (SSSR count). The third-order valence-electron chi connectivity index (χ3n) is 4.79. The summed E-state index contributed by atoms with van der Waals surface area (Å²) in [5.41, 5.74) is 2.34. The largest absolute Gasteiger partial charge is 0.484 e. The van der Waals surface area contributed by atoms with E-state index in [9.17, 15) is 14.4 Å². The molecule has 8 heteroatoms. The zero-order valence-electron chi connectivity index (χ0n) is 18.8. The lowest BCUT2D eigenvalue weighted by molar-refractivity contribution is -0.118. The minimum atomic E-state index is -0.600. The van der Waals surface area contributed by atoms with Crippen LogP contribution >= 0.6 is 11.3 Å². The van der Waals surface area contributed by atoms with E-state index in [0.717, 1.165) is 23.3 Å². The number of hydrogen-bond donors (Lipinski definition) is 2. The Labute approximate surface area is 196 Å². The highest BCUT2D eigenvalue weighted by atomic mass is 32.1. The van der Waals surface area contributed by atoms with Gasteiger partial charge in [0.2, 0.25) is 0 Å². The van der Waals surface area contributed by atoms with E-state index in [4.69, 9.17) is 9.47 Å². The van der Waals surface area contributed by atoms with E-state index in [1.165, 1.54) is 0 Å². The van der Waals surface area contributed by atoms with Crippen molar-refractivity contribution >= 4 is 39.8 Å². The molecule has 172 valence electrons. The smallest absolute Gasteiger partial charge is 0.341 e. The fraction of sp³-hybridized carbons (Fsp3) is 0.240. The summed E-state index contributed by atoms with van der Waals surface area (Å²) in [6, 6.07) is 16.5. The van der Waals surface area contributed by atoms with E-state index in [0.29, 0.717) is 21.9 Å². The van der Waals surface area contributed by atoms with Crippen LogP contribution in [0.1, 0.15) is 45.0 Å². The Morgan fingerprint density at radius 1 is 0.970 bits per heavy atom. The lowest BCUT2D eigenvalue weighted by Crippen LogP contribution is -2.21. The fourth-order valence-electron chi connectivity index (χ4n) is 3.14. The molecule has 0 aliphatic carbocycles. The van der Waals surface area contributed by atoms with Crippen molar-refractivity contribution in [2.75, 3.05) is 23.8 Å². The predicted molar refractivity (Wildman–Crippen MR) is 129 cm³/mol. The minimum Gasteiger partial charge on any atom is -0.484 e. The van der Waals surface area contributed by atoms with Gasteiger partial charge >= 0.3 is 5.97 Å². The van der Waals surface area contributed by atoms with Crippen molar-refractivity contribution in [2.45, 2.75) is 27.2 Å². The first-order valence-corrected chi connectivity index (χ1v) is 11.4. The van der Waals surface area contributed by atoms with Crippen LogP contribution in [0.4, 0.5) is 10.7 Å². The second-order valence-electron chi connectivity index (χ2n) is 7.14. The fourth-order valence-corrected chi connectivity index (χ4v) is 4.25. The number of carbonyl (C=O) groups is 3. The molecule has 0 radical (unpaired) electrons. The maximum Gasteiger partial charge on any atom is 0.341 e. The van der Waals surface area contributed by atoms with Gasteiger partial charge in [-0.25, -0.2) is 4.79 Å². The Bertz CT molecular complexity index is 1140. The van der Waals surface area contributed by atoms with Crippen LogP contribution < -0.4 is 15.4 Å². The highest BCUT2D eigenvalue weighted by molar-refractivity contribution is 7.18. The number of anilines is 2. The van der Waals surface area contributed by atoms with Crippen molar-refractivity contribution in [1.29, 1.82) is 0 Å². The second-order valence-corrected chi connectivity index (χ2v) is 8.16. The first-order valence-electron chi connectivity index (χ1n) is 10.6.